The molecule has 4 nitrogen and oxygen atoms in total. The summed E-state index contributed by atoms with van der Waals surface area (Å²) in [6.45, 7) is 6.15. The summed E-state index contributed by atoms with van der Waals surface area (Å²) in [6.07, 6.45) is 2.66. The number of carbonyl (C=O) groups is 1. The summed E-state index contributed by atoms with van der Waals surface area (Å²) in [5, 5.41) is 5.91. The minimum Gasteiger partial charge on any atom is -0.484 e. The molecule has 1 rings (SSSR count). The lowest BCUT2D eigenvalue weighted by atomic mass is 10.1. The highest BCUT2D eigenvalue weighted by Crippen LogP contribution is 2.19. The number of amides is 1. The zero-order valence-corrected chi connectivity index (χ0v) is 11.6. The molecule has 0 fully saturated rings. The first kappa shape index (κ1) is 15.2. The van der Waals surface area contributed by atoms with Gasteiger partial charge in [0.25, 0.3) is 5.91 Å². The highest BCUT2D eigenvalue weighted by atomic mass is 16.5. The molecule has 0 aliphatic heterocycles. The van der Waals surface area contributed by atoms with Crippen molar-refractivity contribution in [3.05, 3.63) is 42.5 Å². The maximum atomic E-state index is 11.3. The molecule has 2 N–H and O–H groups in total. The van der Waals surface area contributed by atoms with Crippen molar-refractivity contribution in [2.24, 2.45) is 0 Å². The Kier molecular flexibility index (Phi) is 6.68. The van der Waals surface area contributed by atoms with Crippen LogP contribution in [0.5, 0.6) is 5.75 Å². The van der Waals surface area contributed by atoms with E-state index in [1.807, 2.05) is 31.3 Å². The van der Waals surface area contributed by atoms with Gasteiger partial charge in [-0.1, -0.05) is 25.1 Å². The summed E-state index contributed by atoms with van der Waals surface area (Å²) < 4.78 is 5.40. The van der Waals surface area contributed by atoms with Gasteiger partial charge < -0.3 is 15.4 Å². The lowest BCUT2D eigenvalue weighted by molar-refractivity contribution is -0.122. The molecule has 19 heavy (non-hydrogen) atoms. The van der Waals surface area contributed by atoms with E-state index in [0.717, 1.165) is 6.42 Å². The molecule has 104 valence electrons. The summed E-state index contributed by atoms with van der Waals surface area (Å²) in [5.41, 5.74) is 1.22. The number of hydrogen-bond acceptors (Lipinski definition) is 3. The average molecular weight is 262 g/mol. The van der Waals surface area contributed by atoms with Crippen molar-refractivity contribution in [2.75, 3.05) is 20.2 Å². The van der Waals surface area contributed by atoms with Gasteiger partial charge in [-0.05, 0) is 31.2 Å². The summed E-state index contributed by atoms with van der Waals surface area (Å²) in [7, 11) is 1.95. The number of carbonyl (C=O) groups excluding carboxylic acids is 1. The second-order valence-corrected chi connectivity index (χ2v) is 4.20. The quantitative estimate of drug-likeness (QED) is 0.705. The van der Waals surface area contributed by atoms with Gasteiger partial charge in [-0.15, -0.1) is 6.58 Å². The Morgan fingerprint density at radius 1 is 1.42 bits per heavy atom. The second kappa shape index (κ2) is 8.32. The molecule has 0 heterocycles. The Labute approximate surface area is 114 Å². The van der Waals surface area contributed by atoms with Crippen LogP contribution in [0.4, 0.5) is 0 Å². The summed E-state index contributed by atoms with van der Waals surface area (Å²) in [4.78, 5) is 11.3. The maximum absolute atomic E-state index is 11.3. The molecule has 4 heteroatoms. The smallest absolute Gasteiger partial charge is 0.258 e. The van der Waals surface area contributed by atoms with Crippen molar-refractivity contribution in [2.45, 2.75) is 19.4 Å². The van der Waals surface area contributed by atoms with Crippen LogP contribution in [0.25, 0.3) is 0 Å². The summed E-state index contributed by atoms with van der Waals surface area (Å²) >= 11 is 0. The zero-order chi connectivity index (χ0) is 14.1. The molecule has 0 aromatic heterocycles. The number of ether oxygens (including phenoxy) is 1. The van der Waals surface area contributed by atoms with E-state index in [2.05, 4.69) is 24.1 Å². The van der Waals surface area contributed by atoms with E-state index in [4.69, 9.17) is 4.74 Å². The van der Waals surface area contributed by atoms with Gasteiger partial charge in [0, 0.05) is 12.6 Å². The van der Waals surface area contributed by atoms with E-state index >= 15 is 0 Å². The van der Waals surface area contributed by atoms with Crippen LogP contribution >= 0.6 is 0 Å². The average Bonchev–Trinajstić information content (AvgIpc) is 2.45. The number of rotatable bonds is 8. The van der Waals surface area contributed by atoms with Crippen LogP contribution in [0.2, 0.25) is 0 Å². The molecule has 0 bridgehead atoms. The lowest BCUT2D eigenvalue weighted by Gasteiger charge is -2.14. The zero-order valence-electron chi connectivity index (χ0n) is 11.6. The Morgan fingerprint density at radius 3 is 2.63 bits per heavy atom. The number of benzene rings is 1. The van der Waals surface area contributed by atoms with Crippen LogP contribution < -0.4 is 15.4 Å². The first-order chi connectivity index (χ1) is 9.21. The molecule has 1 amide bonds. The predicted octanol–water partition coefficient (Wildman–Crippen LogP) is 2.04. The van der Waals surface area contributed by atoms with Crippen molar-refractivity contribution in [3.8, 4) is 5.75 Å². The molecule has 1 atom stereocenters. The third kappa shape index (κ3) is 5.14. The van der Waals surface area contributed by atoms with Crippen molar-refractivity contribution in [1.29, 1.82) is 0 Å². The molecule has 1 aromatic rings. The molecular formula is C15H22N2O2. The van der Waals surface area contributed by atoms with Crippen molar-refractivity contribution in [1.82, 2.24) is 10.6 Å². The van der Waals surface area contributed by atoms with E-state index in [9.17, 15) is 4.79 Å². The van der Waals surface area contributed by atoms with Gasteiger partial charge in [0.05, 0.1) is 0 Å². The third-order valence-corrected chi connectivity index (χ3v) is 2.85. The number of nitrogens with one attached hydrogen (secondary N) is 2. The van der Waals surface area contributed by atoms with E-state index < -0.39 is 0 Å². The molecule has 0 saturated carbocycles. The van der Waals surface area contributed by atoms with Crippen molar-refractivity contribution >= 4 is 5.91 Å². The Hall–Kier alpha value is -1.81. The molecule has 0 aliphatic carbocycles. The molecule has 0 aliphatic rings. The van der Waals surface area contributed by atoms with Crippen LogP contribution in [-0.4, -0.2) is 26.1 Å². The lowest BCUT2D eigenvalue weighted by Crippen LogP contribution is -2.28. The molecule has 1 aromatic carbocycles. The molecule has 0 radical (unpaired) electrons. The first-order valence-corrected chi connectivity index (χ1v) is 6.48. The first-order valence-electron chi connectivity index (χ1n) is 6.48. The fourth-order valence-corrected chi connectivity index (χ4v) is 1.79. The van der Waals surface area contributed by atoms with E-state index in [-0.39, 0.29) is 12.5 Å². The minimum atomic E-state index is -0.148. The van der Waals surface area contributed by atoms with E-state index in [1.54, 1.807) is 6.08 Å². The van der Waals surface area contributed by atoms with Crippen molar-refractivity contribution in [3.63, 3.8) is 0 Å². The van der Waals surface area contributed by atoms with Crippen LogP contribution in [-0.2, 0) is 4.79 Å². The molecular weight excluding hydrogens is 240 g/mol. The third-order valence-electron chi connectivity index (χ3n) is 2.85. The van der Waals surface area contributed by atoms with E-state index in [1.165, 1.54) is 5.56 Å². The van der Waals surface area contributed by atoms with Gasteiger partial charge in [0.2, 0.25) is 0 Å². The van der Waals surface area contributed by atoms with Gasteiger partial charge in [-0.25, -0.2) is 0 Å². The number of hydrogen-bond donors (Lipinski definition) is 2. The van der Waals surface area contributed by atoms with Gasteiger partial charge in [-0.2, -0.15) is 0 Å². The Morgan fingerprint density at radius 2 is 2.11 bits per heavy atom. The topological polar surface area (TPSA) is 50.4 Å². The highest BCUT2D eigenvalue weighted by Gasteiger charge is 2.06. The largest absolute Gasteiger partial charge is 0.484 e. The van der Waals surface area contributed by atoms with Gasteiger partial charge in [0.1, 0.15) is 5.75 Å². The van der Waals surface area contributed by atoms with Crippen LogP contribution in [0, 0.1) is 0 Å². The Balaban J connectivity index is 2.48. The molecule has 0 spiro atoms. The van der Waals surface area contributed by atoms with Crippen LogP contribution in [0.15, 0.2) is 36.9 Å². The monoisotopic (exact) mass is 262 g/mol. The summed E-state index contributed by atoms with van der Waals surface area (Å²) in [5.74, 6) is 0.550. The van der Waals surface area contributed by atoms with Crippen LogP contribution in [0.3, 0.4) is 0 Å². The predicted molar refractivity (Wildman–Crippen MR) is 77.2 cm³/mol. The SMILES string of the molecule is C=CCNC(=O)COc1ccc(C(CC)NC)cc1. The fourth-order valence-electron chi connectivity index (χ4n) is 1.79. The van der Waals surface area contributed by atoms with Crippen LogP contribution in [0.1, 0.15) is 24.9 Å². The fraction of sp³-hybridized carbons (Fsp3) is 0.400. The Bertz CT molecular complexity index is 397. The summed E-state index contributed by atoms with van der Waals surface area (Å²) in [6, 6.07) is 8.15. The van der Waals surface area contributed by atoms with Crippen molar-refractivity contribution < 1.29 is 9.53 Å². The van der Waals surface area contributed by atoms with Gasteiger partial charge >= 0.3 is 0 Å². The standard InChI is InChI=1S/C15H22N2O2/c1-4-10-17-15(18)11-19-13-8-6-12(7-9-13)14(5-2)16-3/h4,6-9,14,16H,1,5,10-11H2,2-3H3,(H,17,18). The second-order valence-electron chi connectivity index (χ2n) is 4.20. The molecule has 1 unspecified atom stereocenters. The molecule has 0 saturated heterocycles. The highest BCUT2D eigenvalue weighted by molar-refractivity contribution is 5.77. The maximum Gasteiger partial charge on any atom is 0.258 e. The van der Waals surface area contributed by atoms with Gasteiger partial charge in [0.15, 0.2) is 6.61 Å². The normalized spacial score (nSPS) is 11.7. The minimum absolute atomic E-state index is 0.0242. The van der Waals surface area contributed by atoms with Gasteiger partial charge in [-0.3, -0.25) is 4.79 Å². The van der Waals surface area contributed by atoms with E-state index in [0.29, 0.717) is 18.3 Å².